The first-order valence-corrected chi connectivity index (χ1v) is 8.65. The lowest BCUT2D eigenvalue weighted by atomic mass is 9.87. The van der Waals surface area contributed by atoms with Gasteiger partial charge in [-0.1, -0.05) is 51.1 Å². The van der Waals surface area contributed by atoms with E-state index in [2.05, 4.69) is 68.2 Å². The lowest BCUT2D eigenvalue weighted by Gasteiger charge is -2.42. The predicted molar refractivity (Wildman–Crippen MR) is 91.5 cm³/mol. The molecule has 0 saturated carbocycles. The molecular formula is C19H32N2. The van der Waals surface area contributed by atoms with Crippen LogP contribution in [0.15, 0.2) is 30.3 Å². The minimum atomic E-state index is 0.437. The number of benzene rings is 1. The van der Waals surface area contributed by atoms with Gasteiger partial charge in [-0.05, 0) is 50.3 Å². The van der Waals surface area contributed by atoms with Crippen molar-refractivity contribution < 1.29 is 0 Å². The van der Waals surface area contributed by atoms with Crippen molar-refractivity contribution in [2.24, 2.45) is 11.8 Å². The molecule has 0 bridgehead atoms. The number of nitrogens with one attached hydrogen (secondary N) is 1. The molecule has 2 heteroatoms. The van der Waals surface area contributed by atoms with Crippen molar-refractivity contribution in [1.82, 2.24) is 10.2 Å². The van der Waals surface area contributed by atoms with Gasteiger partial charge in [0.15, 0.2) is 0 Å². The zero-order chi connectivity index (χ0) is 15.2. The first-order chi connectivity index (χ1) is 10.1. The van der Waals surface area contributed by atoms with Gasteiger partial charge in [0.25, 0.3) is 0 Å². The van der Waals surface area contributed by atoms with Gasteiger partial charge >= 0.3 is 0 Å². The Bertz CT molecular complexity index is 403. The van der Waals surface area contributed by atoms with Crippen molar-refractivity contribution in [2.45, 2.75) is 52.6 Å². The van der Waals surface area contributed by atoms with E-state index in [0.717, 1.165) is 18.4 Å². The van der Waals surface area contributed by atoms with Crippen LogP contribution in [0.3, 0.4) is 0 Å². The van der Waals surface area contributed by atoms with Gasteiger partial charge in [0.1, 0.15) is 0 Å². The monoisotopic (exact) mass is 288 g/mol. The molecule has 0 aliphatic carbocycles. The Morgan fingerprint density at radius 3 is 2.52 bits per heavy atom. The summed E-state index contributed by atoms with van der Waals surface area (Å²) >= 11 is 0. The molecule has 1 aromatic carbocycles. The van der Waals surface area contributed by atoms with Gasteiger partial charge in [0.05, 0.1) is 0 Å². The summed E-state index contributed by atoms with van der Waals surface area (Å²) in [6.45, 7) is 13.0. The second-order valence-electron chi connectivity index (χ2n) is 6.82. The summed E-state index contributed by atoms with van der Waals surface area (Å²) in [7, 11) is 0. The van der Waals surface area contributed by atoms with Crippen LogP contribution in [0, 0.1) is 11.8 Å². The normalized spacial score (nSPS) is 26.5. The third-order valence-corrected chi connectivity index (χ3v) is 5.20. The van der Waals surface area contributed by atoms with Crippen LogP contribution in [0.25, 0.3) is 0 Å². The largest absolute Gasteiger partial charge is 0.309 e. The van der Waals surface area contributed by atoms with E-state index in [1.807, 2.05) is 0 Å². The van der Waals surface area contributed by atoms with Crippen LogP contribution in [0.4, 0.5) is 0 Å². The summed E-state index contributed by atoms with van der Waals surface area (Å²) in [5, 5.41) is 3.77. The topological polar surface area (TPSA) is 15.3 Å². The molecule has 1 aliphatic rings. The molecule has 4 unspecified atom stereocenters. The van der Waals surface area contributed by atoms with Crippen molar-refractivity contribution in [3.05, 3.63) is 35.9 Å². The van der Waals surface area contributed by atoms with Crippen LogP contribution in [0.5, 0.6) is 0 Å². The van der Waals surface area contributed by atoms with Crippen molar-refractivity contribution in [1.29, 1.82) is 0 Å². The summed E-state index contributed by atoms with van der Waals surface area (Å²) in [4.78, 5) is 2.69. The molecule has 1 heterocycles. The number of rotatable bonds is 6. The maximum absolute atomic E-state index is 3.77. The molecule has 21 heavy (non-hydrogen) atoms. The van der Waals surface area contributed by atoms with Crippen LogP contribution in [0.2, 0.25) is 0 Å². The van der Waals surface area contributed by atoms with Crippen molar-refractivity contribution in [3.8, 4) is 0 Å². The van der Waals surface area contributed by atoms with E-state index in [-0.39, 0.29) is 0 Å². The molecule has 0 aromatic heterocycles. The first kappa shape index (κ1) is 16.5. The molecule has 0 spiro atoms. The average molecular weight is 288 g/mol. The highest BCUT2D eigenvalue weighted by Gasteiger charge is 2.30. The highest BCUT2D eigenvalue weighted by molar-refractivity contribution is 5.20. The second kappa shape index (κ2) is 7.95. The fraction of sp³-hybridized carbons (Fsp3) is 0.684. The molecule has 118 valence electrons. The molecule has 0 radical (unpaired) electrons. The summed E-state index contributed by atoms with van der Waals surface area (Å²) in [5.74, 6) is 1.68. The van der Waals surface area contributed by atoms with Gasteiger partial charge in [-0.3, -0.25) is 4.90 Å². The van der Waals surface area contributed by atoms with Crippen molar-refractivity contribution >= 4 is 0 Å². The molecule has 1 aromatic rings. The molecule has 1 saturated heterocycles. The number of hydrogen-bond acceptors (Lipinski definition) is 2. The maximum atomic E-state index is 3.77. The van der Waals surface area contributed by atoms with Gasteiger partial charge in [0, 0.05) is 18.6 Å². The van der Waals surface area contributed by atoms with E-state index in [9.17, 15) is 0 Å². The van der Waals surface area contributed by atoms with E-state index in [1.54, 1.807) is 0 Å². The maximum Gasteiger partial charge on any atom is 0.0475 e. The Morgan fingerprint density at radius 2 is 1.90 bits per heavy atom. The molecule has 1 N–H and O–H groups in total. The highest BCUT2D eigenvalue weighted by atomic mass is 15.2. The van der Waals surface area contributed by atoms with Crippen LogP contribution in [-0.2, 0) is 0 Å². The zero-order valence-corrected chi connectivity index (χ0v) is 14.2. The average Bonchev–Trinajstić information content (AvgIpc) is 2.51. The SMILES string of the molecule is CCCNC(c1ccccc1)C(C)N1CCC(C)C(C)C1. The predicted octanol–water partition coefficient (Wildman–Crippen LogP) is 4.09. The minimum absolute atomic E-state index is 0.437. The highest BCUT2D eigenvalue weighted by Crippen LogP contribution is 2.28. The third-order valence-electron chi connectivity index (χ3n) is 5.20. The van der Waals surface area contributed by atoms with Crippen molar-refractivity contribution in [3.63, 3.8) is 0 Å². The number of likely N-dealkylation sites (tertiary alicyclic amines) is 1. The fourth-order valence-electron chi connectivity index (χ4n) is 3.40. The Labute approximate surface area is 130 Å². The molecular weight excluding hydrogens is 256 g/mol. The second-order valence-corrected chi connectivity index (χ2v) is 6.82. The molecule has 0 amide bonds. The molecule has 2 rings (SSSR count). The molecule has 4 atom stereocenters. The van der Waals surface area contributed by atoms with Gasteiger partial charge in [-0.2, -0.15) is 0 Å². The van der Waals surface area contributed by atoms with E-state index in [1.165, 1.54) is 31.5 Å². The molecule has 1 fully saturated rings. The Balaban J connectivity index is 2.09. The van der Waals surface area contributed by atoms with E-state index >= 15 is 0 Å². The lowest BCUT2D eigenvalue weighted by molar-refractivity contribution is 0.0837. The summed E-state index contributed by atoms with van der Waals surface area (Å²) < 4.78 is 0. The zero-order valence-electron chi connectivity index (χ0n) is 14.2. The number of piperidine rings is 1. The van der Waals surface area contributed by atoms with Crippen LogP contribution in [-0.4, -0.2) is 30.6 Å². The molecule has 2 nitrogen and oxygen atoms in total. The minimum Gasteiger partial charge on any atom is -0.309 e. The van der Waals surface area contributed by atoms with E-state index in [0.29, 0.717) is 12.1 Å². The first-order valence-electron chi connectivity index (χ1n) is 8.65. The molecule has 1 aliphatic heterocycles. The van der Waals surface area contributed by atoms with Gasteiger partial charge in [0.2, 0.25) is 0 Å². The van der Waals surface area contributed by atoms with E-state index < -0.39 is 0 Å². The Hall–Kier alpha value is -0.860. The smallest absolute Gasteiger partial charge is 0.0475 e. The third kappa shape index (κ3) is 4.31. The van der Waals surface area contributed by atoms with Crippen LogP contribution < -0.4 is 5.32 Å². The van der Waals surface area contributed by atoms with E-state index in [4.69, 9.17) is 0 Å². The van der Waals surface area contributed by atoms with Gasteiger partial charge in [-0.15, -0.1) is 0 Å². The van der Waals surface area contributed by atoms with Crippen LogP contribution in [0.1, 0.15) is 52.1 Å². The Morgan fingerprint density at radius 1 is 1.19 bits per heavy atom. The van der Waals surface area contributed by atoms with Gasteiger partial charge < -0.3 is 5.32 Å². The summed E-state index contributed by atoms with van der Waals surface area (Å²) in [6, 6.07) is 11.9. The van der Waals surface area contributed by atoms with Crippen LogP contribution >= 0.6 is 0 Å². The number of nitrogens with zero attached hydrogens (tertiary/aromatic N) is 1. The summed E-state index contributed by atoms with van der Waals surface area (Å²) in [6.07, 6.45) is 2.52. The lowest BCUT2D eigenvalue weighted by Crippen LogP contribution is -2.48. The fourth-order valence-corrected chi connectivity index (χ4v) is 3.40. The Kier molecular flexibility index (Phi) is 6.25. The van der Waals surface area contributed by atoms with Crippen molar-refractivity contribution in [2.75, 3.05) is 19.6 Å². The standard InChI is InChI=1S/C19H32N2/c1-5-12-20-19(18-9-7-6-8-10-18)17(4)21-13-11-15(2)16(3)14-21/h6-10,15-17,19-20H,5,11-14H2,1-4H3. The number of hydrogen-bond donors (Lipinski definition) is 1. The quantitative estimate of drug-likeness (QED) is 0.848. The summed E-state index contributed by atoms with van der Waals surface area (Å²) in [5.41, 5.74) is 1.42. The van der Waals surface area contributed by atoms with Gasteiger partial charge in [-0.25, -0.2) is 0 Å².